The number of halogens is 1. The number of rotatable bonds is 5. The van der Waals surface area contributed by atoms with Crippen molar-refractivity contribution in [2.75, 3.05) is 13.2 Å². The minimum atomic E-state index is 0. The number of nitrogens with one attached hydrogen (secondary N) is 1. The van der Waals surface area contributed by atoms with Gasteiger partial charge in [0.1, 0.15) is 5.75 Å². The van der Waals surface area contributed by atoms with E-state index >= 15 is 0 Å². The van der Waals surface area contributed by atoms with E-state index in [1.807, 2.05) is 19.1 Å². The molecular weight excluding hydrogens is 296 g/mol. The van der Waals surface area contributed by atoms with Crippen LogP contribution in [0.25, 0.3) is 22.0 Å². The van der Waals surface area contributed by atoms with Gasteiger partial charge in [-0.3, -0.25) is 0 Å². The summed E-state index contributed by atoms with van der Waals surface area (Å²) in [5.41, 5.74) is 10.5. The van der Waals surface area contributed by atoms with E-state index in [9.17, 15) is 0 Å². The summed E-state index contributed by atoms with van der Waals surface area (Å²) in [6.45, 7) is 3.36. The molecule has 0 fully saturated rings. The Labute approximate surface area is 136 Å². The number of aromatic nitrogens is 1. The second kappa shape index (κ2) is 7.34. The molecule has 0 aliphatic heterocycles. The van der Waals surface area contributed by atoms with Crippen LogP contribution >= 0.6 is 12.4 Å². The van der Waals surface area contributed by atoms with Gasteiger partial charge >= 0.3 is 0 Å². The molecule has 22 heavy (non-hydrogen) atoms. The van der Waals surface area contributed by atoms with E-state index < -0.39 is 0 Å². The van der Waals surface area contributed by atoms with Crippen LogP contribution in [0.15, 0.2) is 48.7 Å². The molecule has 3 aromatic rings. The number of H-pyrrole nitrogens is 1. The Balaban J connectivity index is 0.00000176. The molecule has 3 N–H and O–H groups in total. The van der Waals surface area contributed by atoms with Crippen LogP contribution in [0.3, 0.4) is 0 Å². The molecule has 0 atom stereocenters. The van der Waals surface area contributed by atoms with Crippen molar-refractivity contribution in [1.82, 2.24) is 4.98 Å². The van der Waals surface area contributed by atoms with Crippen LogP contribution in [-0.4, -0.2) is 18.1 Å². The molecule has 0 bridgehead atoms. The summed E-state index contributed by atoms with van der Waals surface area (Å²) in [6, 6.07) is 14.7. The van der Waals surface area contributed by atoms with Crippen molar-refractivity contribution >= 4 is 23.3 Å². The summed E-state index contributed by atoms with van der Waals surface area (Å²) < 4.78 is 5.48. The number of hydrogen-bond donors (Lipinski definition) is 2. The first-order valence-corrected chi connectivity index (χ1v) is 7.35. The van der Waals surface area contributed by atoms with Gasteiger partial charge in [0.25, 0.3) is 0 Å². The SMILES string of the molecule is CCOc1ccc(-c2ccc3c(CCN)c[nH]c3c2)cc1.Cl. The maximum Gasteiger partial charge on any atom is 0.119 e. The van der Waals surface area contributed by atoms with Gasteiger partial charge in [0, 0.05) is 17.1 Å². The summed E-state index contributed by atoms with van der Waals surface area (Å²) in [6.07, 6.45) is 2.96. The van der Waals surface area contributed by atoms with Gasteiger partial charge < -0.3 is 15.5 Å². The molecule has 0 aliphatic rings. The Morgan fingerprint density at radius 1 is 1.05 bits per heavy atom. The third kappa shape index (κ3) is 3.26. The van der Waals surface area contributed by atoms with Crippen molar-refractivity contribution in [2.45, 2.75) is 13.3 Å². The minimum absolute atomic E-state index is 0. The average Bonchev–Trinajstić information content (AvgIpc) is 2.91. The number of nitrogens with two attached hydrogens (primary N) is 1. The highest BCUT2D eigenvalue weighted by Gasteiger charge is 2.05. The highest BCUT2D eigenvalue weighted by molar-refractivity contribution is 5.87. The lowest BCUT2D eigenvalue weighted by Gasteiger charge is -2.06. The lowest BCUT2D eigenvalue weighted by molar-refractivity contribution is 0.340. The predicted molar refractivity (Wildman–Crippen MR) is 94.9 cm³/mol. The Bertz CT molecular complexity index is 734. The molecule has 3 rings (SSSR count). The Kier molecular flexibility index (Phi) is 5.47. The molecule has 1 aromatic heterocycles. The van der Waals surface area contributed by atoms with E-state index in [-0.39, 0.29) is 12.4 Å². The summed E-state index contributed by atoms with van der Waals surface area (Å²) in [7, 11) is 0. The molecule has 0 saturated heterocycles. The lowest BCUT2D eigenvalue weighted by atomic mass is 10.0. The summed E-state index contributed by atoms with van der Waals surface area (Å²) >= 11 is 0. The molecule has 116 valence electrons. The Hall–Kier alpha value is -1.97. The van der Waals surface area contributed by atoms with Crippen LogP contribution in [0.4, 0.5) is 0 Å². The first kappa shape index (κ1) is 16.4. The Morgan fingerprint density at radius 3 is 2.45 bits per heavy atom. The number of hydrogen-bond acceptors (Lipinski definition) is 2. The second-order valence-corrected chi connectivity index (χ2v) is 5.07. The van der Waals surface area contributed by atoms with Crippen molar-refractivity contribution in [3.8, 4) is 16.9 Å². The van der Waals surface area contributed by atoms with E-state index in [1.54, 1.807) is 0 Å². The monoisotopic (exact) mass is 316 g/mol. The molecule has 0 amide bonds. The molecule has 3 nitrogen and oxygen atoms in total. The summed E-state index contributed by atoms with van der Waals surface area (Å²) in [5, 5.41) is 1.26. The number of fused-ring (bicyclic) bond motifs is 1. The first-order valence-electron chi connectivity index (χ1n) is 7.35. The van der Waals surface area contributed by atoms with Crippen LogP contribution in [0.2, 0.25) is 0 Å². The largest absolute Gasteiger partial charge is 0.494 e. The smallest absolute Gasteiger partial charge is 0.119 e. The van der Waals surface area contributed by atoms with Crippen molar-refractivity contribution in [3.63, 3.8) is 0 Å². The quantitative estimate of drug-likeness (QED) is 0.742. The van der Waals surface area contributed by atoms with Crippen LogP contribution in [-0.2, 0) is 6.42 Å². The highest BCUT2D eigenvalue weighted by atomic mass is 35.5. The molecule has 4 heteroatoms. The molecular formula is C18H21ClN2O. The van der Waals surface area contributed by atoms with Crippen molar-refractivity contribution < 1.29 is 4.74 Å². The number of aromatic amines is 1. The zero-order chi connectivity index (χ0) is 14.7. The van der Waals surface area contributed by atoms with Gasteiger partial charge in [-0.2, -0.15) is 0 Å². The molecule has 0 spiro atoms. The zero-order valence-corrected chi connectivity index (χ0v) is 13.5. The minimum Gasteiger partial charge on any atom is -0.494 e. The second-order valence-electron chi connectivity index (χ2n) is 5.07. The highest BCUT2D eigenvalue weighted by Crippen LogP contribution is 2.27. The maximum atomic E-state index is 5.64. The zero-order valence-electron chi connectivity index (χ0n) is 12.6. The molecule has 1 heterocycles. The lowest BCUT2D eigenvalue weighted by Crippen LogP contribution is -2.01. The first-order chi connectivity index (χ1) is 10.3. The average molecular weight is 317 g/mol. The van der Waals surface area contributed by atoms with E-state index in [0.717, 1.165) is 17.7 Å². The topological polar surface area (TPSA) is 51.0 Å². The fourth-order valence-corrected chi connectivity index (χ4v) is 2.64. The molecule has 0 radical (unpaired) electrons. The standard InChI is InChI=1S/C18H20N2O.ClH/c1-2-21-16-6-3-13(4-7-16)14-5-8-17-15(9-10-19)12-20-18(17)11-14;/h3-8,11-12,20H,2,9-10,19H2,1H3;1H. The van der Waals surface area contributed by atoms with E-state index in [0.29, 0.717) is 13.2 Å². The maximum absolute atomic E-state index is 5.64. The van der Waals surface area contributed by atoms with Gasteiger partial charge in [0.05, 0.1) is 6.61 Å². The van der Waals surface area contributed by atoms with E-state index in [4.69, 9.17) is 10.5 Å². The predicted octanol–water partition coefficient (Wildman–Crippen LogP) is 4.16. The van der Waals surface area contributed by atoms with Crippen LogP contribution in [0.1, 0.15) is 12.5 Å². The van der Waals surface area contributed by atoms with Crippen molar-refractivity contribution in [3.05, 3.63) is 54.2 Å². The van der Waals surface area contributed by atoms with Crippen molar-refractivity contribution in [1.29, 1.82) is 0 Å². The molecule has 0 aliphatic carbocycles. The van der Waals surface area contributed by atoms with Gasteiger partial charge in [-0.05, 0) is 54.8 Å². The van der Waals surface area contributed by atoms with E-state index in [2.05, 4.69) is 41.5 Å². The normalized spacial score (nSPS) is 10.5. The van der Waals surface area contributed by atoms with Gasteiger partial charge in [0.2, 0.25) is 0 Å². The van der Waals surface area contributed by atoms with Gasteiger partial charge in [-0.25, -0.2) is 0 Å². The van der Waals surface area contributed by atoms with Crippen molar-refractivity contribution in [2.24, 2.45) is 5.73 Å². The van der Waals surface area contributed by atoms with Gasteiger partial charge in [-0.1, -0.05) is 24.3 Å². The van der Waals surface area contributed by atoms with Crippen LogP contribution in [0, 0.1) is 0 Å². The Morgan fingerprint density at radius 2 is 1.77 bits per heavy atom. The molecule has 0 saturated carbocycles. The summed E-state index contributed by atoms with van der Waals surface area (Å²) in [5.74, 6) is 0.910. The molecule has 2 aromatic carbocycles. The van der Waals surface area contributed by atoms with Gasteiger partial charge in [0.15, 0.2) is 0 Å². The van der Waals surface area contributed by atoms with Crippen LogP contribution < -0.4 is 10.5 Å². The summed E-state index contributed by atoms with van der Waals surface area (Å²) in [4.78, 5) is 3.33. The van der Waals surface area contributed by atoms with E-state index in [1.165, 1.54) is 22.1 Å². The molecule has 0 unspecified atom stereocenters. The third-order valence-electron chi connectivity index (χ3n) is 3.68. The number of benzene rings is 2. The fraction of sp³-hybridized carbons (Fsp3) is 0.222. The number of ether oxygens (including phenoxy) is 1. The van der Waals surface area contributed by atoms with Gasteiger partial charge in [-0.15, -0.1) is 12.4 Å². The third-order valence-corrected chi connectivity index (χ3v) is 3.68. The fourth-order valence-electron chi connectivity index (χ4n) is 2.64. The van der Waals surface area contributed by atoms with Crippen LogP contribution in [0.5, 0.6) is 5.75 Å².